The van der Waals surface area contributed by atoms with Gasteiger partial charge in [-0.25, -0.2) is 0 Å². The molecule has 1 fully saturated rings. The molecule has 1 saturated carbocycles. The maximum Gasteiger partial charge on any atom is 0.305 e. The first-order valence-electron chi connectivity index (χ1n) is 5.78. The van der Waals surface area contributed by atoms with Crippen molar-refractivity contribution in [3.05, 3.63) is 0 Å². The quantitative estimate of drug-likeness (QED) is 0.710. The summed E-state index contributed by atoms with van der Waals surface area (Å²) in [4.78, 5) is 21.4. The Balaban J connectivity index is 2.02. The van der Waals surface area contributed by atoms with Crippen LogP contribution in [0.4, 0.5) is 0 Å². The predicted octanol–water partition coefficient (Wildman–Crippen LogP) is 0.927. The van der Waals surface area contributed by atoms with E-state index in [1.807, 2.05) is 0 Å². The summed E-state index contributed by atoms with van der Waals surface area (Å²) in [6, 6.07) is 0. The molecule has 92 valence electrons. The minimum absolute atomic E-state index is 0.0459. The highest BCUT2D eigenvalue weighted by atomic mass is 16.5. The third-order valence-electron chi connectivity index (χ3n) is 2.66. The van der Waals surface area contributed by atoms with E-state index >= 15 is 0 Å². The molecule has 1 amide bonds. The zero-order chi connectivity index (χ0) is 11.8. The molecule has 0 bridgehead atoms. The molecule has 1 aliphatic carbocycles. The average molecular weight is 229 g/mol. The van der Waals surface area contributed by atoms with Gasteiger partial charge in [0.15, 0.2) is 0 Å². The first-order valence-corrected chi connectivity index (χ1v) is 5.78. The van der Waals surface area contributed by atoms with Crippen molar-refractivity contribution in [1.29, 1.82) is 0 Å². The summed E-state index contributed by atoms with van der Waals surface area (Å²) in [5.74, 6) is -1.14. The van der Waals surface area contributed by atoms with E-state index in [0.717, 1.165) is 12.8 Å². The van der Waals surface area contributed by atoms with Crippen molar-refractivity contribution in [3.63, 3.8) is 0 Å². The van der Waals surface area contributed by atoms with Gasteiger partial charge < -0.3 is 15.2 Å². The minimum atomic E-state index is -0.909. The molecule has 5 nitrogen and oxygen atoms in total. The van der Waals surface area contributed by atoms with Gasteiger partial charge in [0.1, 0.15) is 6.61 Å². The number of nitrogens with one attached hydrogen (secondary N) is 1. The van der Waals surface area contributed by atoms with Crippen molar-refractivity contribution >= 4 is 11.9 Å². The van der Waals surface area contributed by atoms with Crippen LogP contribution in [-0.2, 0) is 14.3 Å². The van der Waals surface area contributed by atoms with Crippen molar-refractivity contribution in [2.45, 2.75) is 44.6 Å². The summed E-state index contributed by atoms with van der Waals surface area (Å²) in [5.41, 5.74) is 0. The van der Waals surface area contributed by atoms with Gasteiger partial charge in [-0.15, -0.1) is 0 Å². The molecule has 1 aliphatic rings. The minimum Gasteiger partial charge on any atom is -0.481 e. The second kappa shape index (κ2) is 7.22. The fourth-order valence-electron chi connectivity index (χ4n) is 1.79. The SMILES string of the molecule is O=C(O)CCNC(=O)COC1CCCCC1. The molecule has 0 saturated heterocycles. The van der Waals surface area contributed by atoms with Crippen LogP contribution in [0.5, 0.6) is 0 Å². The number of amides is 1. The zero-order valence-corrected chi connectivity index (χ0v) is 9.41. The van der Waals surface area contributed by atoms with Crippen LogP contribution in [0.25, 0.3) is 0 Å². The Kier molecular flexibility index (Phi) is 5.85. The Morgan fingerprint density at radius 1 is 1.25 bits per heavy atom. The van der Waals surface area contributed by atoms with E-state index in [2.05, 4.69) is 5.32 Å². The van der Waals surface area contributed by atoms with Gasteiger partial charge in [0.2, 0.25) is 5.91 Å². The standard InChI is InChI=1S/C11H19NO4/c13-10(12-7-6-11(14)15)8-16-9-4-2-1-3-5-9/h9H,1-8H2,(H,12,13)(H,14,15). The third kappa shape index (κ3) is 5.70. The van der Waals surface area contributed by atoms with Crippen molar-refractivity contribution in [2.75, 3.05) is 13.2 Å². The van der Waals surface area contributed by atoms with Crippen LogP contribution in [0.1, 0.15) is 38.5 Å². The summed E-state index contributed by atoms with van der Waals surface area (Å²) in [7, 11) is 0. The van der Waals surface area contributed by atoms with Gasteiger partial charge in [-0.2, -0.15) is 0 Å². The number of carboxylic acid groups (broad SMARTS) is 1. The largest absolute Gasteiger partial charge is 0.481 e. The Bertz CT molecular complexity index is 236. The van der Waals surface area contributed by atoms with E-state index in [1.165, 1.54) is 19.3 Å². The van der Waals surface area contributed by atoms with Crippen molar-refractivity contribution in [3.8, 4) is 0 Å². The number of carbonyl (C=O) groups excluding carboxylic acids is 1. The Morgan fingerprint density at radius 2 is 1.94 bits per heavy atom. The smallest absolute Gasteiger partial charge is 0.305 e. The summed E-state index contributed by atoms with van der Waals surface area (Å²) < 4.78 is 5.44. The Labute approximate surface area is 95.2 Å². The van der Waals surface area contributed by atoms with Crippen molar-refractivity contribution < 1.29 is 19.4 Å². The molecule has 0 spiro atoms. The molecular weight excluding hydrogens is 210 g/mol. The van der Waals surface area contributed by atoms with Gasteiger partial charge in [-0.1, -0.05) is 19.3 Å². The molecule has 1 rings (SSSR count). The highest BCUT2D eigenvalue weighted by Gasteiger charge is 2.14. The molecule has 0 aromatic heterocycles. The number of carboxylic acids is 1. The molecular formula is C11H19NO4. The van der Waals surface area contributed by atoms with Gasteiger partial charge >= 0.3 is 5.97 Å². The van der Waals surface area contributed by atoms with Gasteiger partial charge in [0, 0.05) is 6.54 Å². The highest BCUT2D eigenvalue weighted by Crippen LogP contribution is 2.19. The second-order valence-corrected chi connectivity index (χ2v) is 4.06. The van der Waals surface area contributed by atoms with Crippen LogP contribution < -0.4 is 5.32 Å². The average Bonchev–Trinajstić information content (AvgIpc) is 2.27. The van der Waals surface area contributed by atoms with Crippen LogP contribution in [-0.4, -0.2) is 36.2 Å². The maximum absolute atomic E-state index is 11.2. The first-order chi connectivity index (χ1) is 7.68. The van der Waals surface area contributed by atoms with Gasteiger partial charge in [0.25, 0.3) is 0 Å². The van der Waals surface area contributed by atoms with E-state index in [1.54, 1.807) is 0 Å². The molecule has 16 heavy (non-hydrogen) atoms. The monoisotopic (exact) mass is 229 g/mol. The Hall–Kier alpha value is -1.10. The number of ether oxygens (including phenoxy) is 1. The predicted molar refractivity (Wildman–Crippen MR) is 58.1 cm³/mol. The van der Waals surface area contributed by atoms with Crippen LogP contribution in [0.15, 0.2) is 0 Å². The van der Waals surface area contributed by atoms with E-state index in [-0.39, 0.29) is 31.6 Å². The summed E-state index contributed by atoms with van der Waals surface area (Å²) in [5, 5.41) is 10.9. The maximum atomic E-state index is 11.2. The van der Waals surface area contributed by atoms with Crippen LogP contribution in [0.3, 0.4) is 0 Å². The van der Waals surface area contributed by atoms with E-state index in [9.17, 15) is 9.59 Å². The highest BCUT2D eigenvalue weighted by molar-refractivity contribution is 5.77. The number of hydrogen-bond acceptors (Lipinski definition) is 3. The van der Waals surface area contributed by atoms with Crippen molar-refractivity contribution in [2.24, 2.45) is 0 Å². The van der Waals surface area contributed by atoms with Crippen LogP contribution in [0, 0.1) is 0 Å². The third-order valence-corrected chi connectivity index (χ3v) is 2.66. The summed E-state index contributed by atoms with van der Waals surface area (Å²) >= 11 is 0. The number of hydrogen-bond donors (Lipinski definition) is 2. The Morgan fingerprint density at radius 3 is 2.56 bits per heavy atom. The molecule has 0 aromatic carbocycles. The topological polar surface area (TPSA) is 75.6 Å². The summed E-state index contributed by atoms with van der Waals surface area (Å²) in [6.45, 7) is 0.215. The van der Waals surface area contributed by atoms with Gasteiger partial charge in [-0.05, 0) is 12.8 Å². The second-order valence-electron chi connectivity index (χ2n) is 4.06. The van der Waals surface area contributed by atoms with Crippen LogP contribution in [0.2, 0.25) is 0 Å². The lowest BCUT2D eigenvalue weighted by Crippen LogP contribution is -2.31. The van der Waals surface area contributed by atoms with Crippen molar-refractivity contribution in [1.82, 2.24) is 5.32 Å². The van der Waals surface area contributed by atoms with E-state index in [0.29, 0.717) is 0 Å². The zero-order valence-electron chi connectivity index (χ0n) is 9.41. The molecule has 0 unspecified atom stereocenters. The lowest BCUT2D eigenvalue weighted by molar-refractivity contribution is -0.137. The number of rotatable bonds is 6. The molecule has 2 N–H and O–H groups in total. The molecule has 0 atom stereocenters. The van der Waals surface area contributed by atoms with Gasteiger partial charge in [0.05, 0.1) is 12.5 Å². The normalized spacial score (nSPS) is 17.0. The summed E-state index contributed by atoms with van der Waals surface area (Å²) in [6.07, 6.45) is 5.82. The molecule has 0 radical (unpaired) electrons. The first kappa shape index (κ1) is 13.0. The molecule has 0 heterocycles. The van der Waals surface area contributed by atoms with Crippen LogP contribution >= 0.6 is 0 Å². The number of carbonyl (C=O) groups is 2. The molecule has 0 aromatic rings. The number of aliphatic carboxylic acids is 1. The van der Waals surface area contributed by atoms with E-state index in [4.69, 9.17) is 9.84 Å². The fraction of sp³-hybridized carbons (Fsp3) is 0.818. The lowest BCUT2D eigenvalue weighted by Gasteiger charge is -2.21. The lowest BCUT2D eigenvalue weighted by atomic mass is 9.98. The van der Waals surface area contributed by atoms with Gasteiger partial charge in [-0.3, -0.25) is 9.59 Å². The fourth-order valence-corrected chi connectivity index (χ4v) is 1.79. The molecule has 5 heteroatoms. The molecule has 0 aliphatic heterocycles. The van der Waals surface area contributed by atoms with E-state index < -0.39 is 5.97 Å².